The zero-order valence-corrected chi connectivity index (χ0v) is 13.0. The van der Waals surface area contributed by atoms with E-state index in [9.17, 15) is 5.11 Å². The van der Waals surface area contributed by atoms with Gasteiger partial charge in [0.15, 0.2) is 0 Å². The van der Waals surface area contributed by atoms with Crippen molar-refractivity contribution in [1.29, 1.82) is 0 Å². The van der Waals surface area contributed by atoms with E-state index in [0.717, 1.165) is 34.1 Å². The molecule has 0 saturated carbocycles. The third-order valence-electron chi connectivity index (χ3n) is 4.48. The molecule has 1 aliphatic heterocycles. The molecule has 0 amide bonds. The highest BCUT2D eigenvalue weighted by Gasteiger charge is 2.35. The summed E-state index contributed by atoms with van der Waals surface area (Å²) in [7, 11) is 1.69. The largest absolute Gasteiger partial charge is 0.496 e. The summed E-state index contributed by atoms with van der Waals surface area (Å²) in [5, 5.41) is 12.9. The minimum atomic E-state index is -0.607. The molecule has 0 fully saturated rings. The van der Waals surface area contributed by atoms with Gasteiger partial charge in [0, 0.05) is 10.9 Å². The van der Waals surface area contributed by atoms with Gasteiger partial charge >= 0.3 is 0 Å². The molecule has 2 aromatic rings. The number of methoxy groups -OCH3 is 1. The smallest absolute Gasteiger partial charge is 0.132 e. The number of benzene rings is 2. The van der Waals surface area contributed by atoms with Crippen LogP contribution < -0.4 is 4.74 Å². The van der Waals surface area contributed by atoms with Crippen molar-refractivity contribution in [1.82, 2.24) is 0 Å². The summed E-state index contributed by atoms with van der Waals surface area (Å²) >= 11 is 0. The van der Waals surface area contributed by atoms with E-state index in [-0.39, 0.29) is 12.2 Å². The predicted molar refractivity (Wildman–Crippen MR) is 83.8 cm³/mol. The first-order valence-corrected chi connectivity index (χ1v) is 7.55. The first kappa shape index (κ1) is 14.4. The molecular weight excluding hydrogens is 264 g/mol. The van der Waals surface area contributed by atoms with Gasteiger partial charge < -0.3 is 14.6 Å². The van der Waals surface area contributed by atoms with Gasteiger partial charge in [-0.1, -0.05) is 31.2 Å². The number of aliphatic hydroxyl groups is 1. The van der Waals surface area contributed by atoms with E-state index in [1.54, 1.807) is 7.11 Å². The molecule has 21 heavy (non-hydrogen) atoms. The fourth-order valence-corrected chi connectivity index (χ4v) is 3.56. The van der Waals surface area contributed by atoms with Crippen molar-refractivity contribution >= 4 is 10.8 Å². The van der Waals surface area contributed by atoms with Crippen LogP contribution in [0.3, 0.4) is 0 Å². The van der Waals surface area contributed by atoms with Crippen LogP contribution in [-0.4, -0.2) is 18.3 Å². The van der Waals surface area contributed by atoms with Crippen LogP contribution in [0.2, 0.25) is 0 Å². The van der Waals surface area contributed by atoms with Gasteiger partial charge in [-0.05, 0) is 36.8 Å². The molecule has 0 unspecified atom stereocenters. The van der Waals surface area contributed by atoms with Gasteiger partial charge in [-0.3, -0.25) is 0 Å². The topological polar surface area (TPSA) is 38.7 Å². The fourth-order valence-electron chi connectivity index (χ4n) is 3.56. The summed E-state index contributed by atoms with van der Waals surface area (Å²) in [6.07, 6.45) is -0.0137. The highest BCUT2D eigenvalue weighted by Crippen LogP contribution is 2.47. The average Bonchev–Trinajstić information content (AvgIpc) is 2.50. The zero-order chi connectivity index (χ0) is 15.1. The third-order valence-corrected chi connectivity index (χ3v) is 4.48. The Hall–Kier alpha value is -1.58. The number of ether oxygens (including phenoxy) is 2. The number of aliphatic hydroxyl groups excluding tert-OH is 1. The van der Waals surface area contributed by atoms with Gasteiger partial charge in [0.05, 0.1) is 19.3 Å². The molecule has 112 valence electrons. The van der Waals surface area contributed by atoms with E-state index in [1.165, 1.54) is 5.56 Å². The molecule has 0 saturated heterocycles. The fraction of sp³-hybridized carbons (Fsp3) is 0.444. The minimum absolute atomic E-state index is 0.0803. The molecule has 2 aromatic carbocycles. The van der Waals surface area contributed by atoms with E-state index in [4.69, 9.17) is 9.47 Å². The SMILES string of the molecule is CCc1c2c(c(OC)c3ccccc13)[C@@H](C)O[C@H](C)[C@@H]2O. The van der Waals surface area contributed by atoms with Crippen molar-refractivity contribution in [2.24, 2.45) is 0 Å². The first-order valence-electron chi connectivity index (χ1n) is 7.55. The summed E-state index contributed by atoms with van der Waals surface area (Å²) in [5.41, 5.74) is 3.20. The maximum Gasteiger partial charge on any atom is 0.132 e. The molecule has 1 N–H and O–H groups in total. The molecular formula is C18H22O3. The van der Waals surface area contributed by atoms with E-state index >= 15 is 0 Å². The maximum atomic E-state index is 10.7. The van der Waals surface area contributed by atoms with Crippen molar-refractivity contribution in [3.63, 3.8) is 0 Å². The lowest BCUT2D eigenvalue weighted by Crippen LogP contribution is -2.29. The lowest BCUT2D eigenvalue weighted by molar-refractivity contribution is -0.0818. The Morgan fingerprint density at radius 3 is 2.43 bits per heavy atom. The van der Waals surface area contributed by atoms with Gasteiger partial charge in [0.1, 0.15) is 11.9 Å². The van der Waals surface area contributed by atoms with E-state index in [0.29, 0.717) is 0 Å². The number of rotatable bonds is 2. The van der Waals surface area contributed by atoms with Gasteiger partial charge in [0.2, 0.25) is 0 Å². The van der Waals surface area contributed by atoms with E-state index in [2.05, 4.69) is 19.1 Å². The lowest BCUT2D eigenvalue weighted by atomic mass is 9.83. The van der Waals surface area contributed by atoms with Crippen molar-refractivity contribution in [3.05, 3.63) is 41.0 Å². The van der Waals surface area contributed by atoms with Crippen LogP contribution in [0, 0.1) is 0 Å². The summed E-state index contributed by atoms with van der Waals surface area (Å²) in [6, 6.07) is 8.23. The van der Waals surface area contributed by atoms with Crippen LogP contribution in [0.15, 0.2) is 24.3 Å². The Balaban J connectivity index is 2.46. The van der Waals surface area contributed by atoms with Gasteiger partial charge in [-0.15, -0.1) is 0 Å². The first-order chi connectivity index (χ1) is 10.1. The minimum Gasteiger partial charge on any atom is -0.496 e. The number of aryl methyl sites for hydroxylation is 1. The molecule has 3 heteroatoms. The predicted octanol–water partition coefficient (Wildman–Crippen LogP) is 3.92. The monoisotopic (exact) mass is 286 g/mol. The second kappa shape index (κ2) is 5.32. The molecule has 3 rings (SSSR count). The molecule has 0 aromatic heterocycles. The Kier molecular flexibility index (Phi) is 3.64. The van der Waals surface area contributed by atoms with E-state index in [1.807, 2.05) is 26.0 Å². The number of fused-ring (bicyclic) bond motifs is 2. The molecule has 0 spiro atoms. The maximum absolute atomic E-state index is 10.7. The Bertz CT molecular complexity index is 678. The van der Waals surface area contributed by atoms with Crippen LogP contribution >= 0.6 is 0 Å². The highest BCUT2D eigenvalue weighted by molar-refractivity contribution is 5.94. The van der Waals surface area contributed by atoms with Crippen LogP contribution in [0.4, 0.5) is 0 Å². The summed E-state index contributed by atoms with van der Waals surface area (Å²) in [6.45, 7) is 6.08. The van der Waals surface area contributed by atoms with Crippen LogP contribution in [0.25, 0.3) is 10.8 Å². The normalized spacial score (nSPS) is 24.9. The molecule has 3 nitrogen and oxygen atoms in total. The average molecular weight is 286 g/mol. The van der Waals surface area contributed by atoms with Gasteiger partial charge in [0.25, 0.3) is 0 Å². The third kappa shape index (κ3) is 2.03. The molecule has 1 heterocycles. The Morgan fingerprint density at radius 2 is 1.81 bits per heavy atom. The van der Waals surface area contributed by atoms with Crippen molar-refractivity contribution in [2.45, 2.75) is 45.5 Å². The standard InChI is InChI=1S/C18H22O3/c1-5-12-13-8-6-7-9-14(13)18(20-4)15-10(2)21-11(3)17(19)16(12)15/h6-11,17,19H,5H2,1-4H3/t10-,11-,17+/m1/s1. The Morgan fingerprint density at radius 1 is 1.14 bits per heavy atom. The quantitative estimate of drug-likeness (QED) is 0.909. The molecule has 1 aliphatic rings. The Labute approximate surface area is 125 Å². The zero-order valence-electron chi connectivity index (χ0n) is 13.0. The molecule has 0 aliphatic carbocycles. The van der Waals surface area contributed by atoms with Crippen molar-refractivity contribution < 1.29 is 14.6 Å². The highest BCUT2D eigenvalue weighted by atomic mass is 16.5. The van der Waals surface area contributed by atoms with Gasteiger partial charge in [-0.25, -0.2) is 0 Å². The number of hydrogen-bond acceptors (Lipinski definition) is 3. The van der Waals surface area contributed by atoms with Crippen LogP contribution in [-0.2, 0) is 11.2 Å². The van der Waals surface area contributed by atoms with E-state index < -0.39 is 6.10 Å². The van der Waals surface area contributed by atoms with Crippen LogP contribution in [0.5, 0.6) is 5.75 Å². The second-order valence-electron chi connectivity index (χ2n) is 5.67. The molecule has 0 bridgehead atoms. The lowest BCUT2D eigenvalue weighted by Gasteiger charge is -2.36. The number of hydrogen-bond donors (Lipinski definition) is 1. The summed E-state index contributed by atoms with van der Waals surface area (Å²) in [5.74, 6) is 0.830. The van der Waals surface area contributed by atoms with Gasteiger partial charge in [-0.2, -0.15) is 0 Å². The van der Waals surface area contributed by atoms with Crippen LogP contribution in [0.1, 0.15) is 49.7 Å². The summed E-state index contributed by atoms with van der Waals surface area (Å²) < 4.78 is 11.6. The molecule has 0 radical (unpaired) electrons. The molecule has 3 atom stereocenters. The summed E-state index contributed by atoms with van der Waals surface area (Å²) in [4.78, 5) is 0. The van der Waals surface area contributed by atoms with Crippen molar-refractivity contribution in [2.75, 3.05) is 7.11 Å². The van der Waals surface area contributed by atoms with Crippen molar-refractivity contribution in [3.8, 4) is 5.75 Å². The second-order valence-corrected chi connectivity index (χ2v) is 5.67.